The van der Waals surface area contributed by atoms with Crippen molar-refractivity contribution in [2.45, 2.75) is 53.2 Å². The minimum atomic E-state index is 0.234. The quantitative estimate of drug-likeness (QED) is 0.783. The van der Waals surface area contributed by atoms with Crippen LogP contribution in [0.3, 0.4) is 0 Å². The molecule has 0 heterocycles. The summed E-state index contributed by atoms with van der Waals surface area (Å²) in [6.45, 7) is 11.9. The monoisotopic (exact) mass is 249 g/mol. The van der Waals surface area contributed by atoms with Crippen LogP contribution in [0, 0.1) is 5.92 Å². The Labute approximate surface area is 112 Å². The summed E-state index contributed by atoms with van der Waals surface area (Å²) in [5.41, 5.74) is 1.31. The van der Waals surface area contributed by atoms with E-state index in [0.29, 0.717) is 6.04 Å². The van der Waals surface area contributed by atoms with Crippen molar-refractivity contribution in [1.29, 1.82) is 0 Å². The van der Waals surface area contributed by atoms with Crippen LogP contribution < -0.4 is 10.1 Å². The lowest BCUT2D eigenvalue weighted by Gasteiger charge is -2.16. The summed E-state index contributed by atoms with van der Waals surface area (Å²) >= 11 is 0. The Hall–Kier alpha value is -1.02. The minimum absolute atomic E-state index is 0.234. The molecule has 1 aromatic rings. The van der Waals surface area contributed by atoms with Gasteiger partial charge in [-0.05, 0) is 57.4 Å². The number of rotatable bonds is 7. The molecule has 0 saturated heterocycles. The van der Waals surface area contributed by atoms with Crippen LogP contribution in [0.15, 0.2) is 24.3 Å². The Kier molecular flexibility index (Phi) is 6.20. The van der Waals surface area contributed by atoms with Crippen LogP contribution in [0.5, 0.6) is 5.75 Å². The van der Waals surface area contributed by atoms with Gasteiger partial charge in [0.15, 0.2) is 0 Å². The number of hydrogen-bond donors (Lipinski definition) is 1. The van der Waals surface area contributed by atoms with Gasteiger partial charge in [0.05, 0.1) is 6.10 Å². The largest absolute Gasteiger partial charge is 0.491 e. The van der Waals surface area contributed by atoms with E-state index in [1.54, 1.807) is 0 Å². The van der Waals surface area contributed by atoms with E-state index >= 15 is 0 Å². The maximum Gasteiger partial charge on any atom is 0.119 e. The number of hydrogen-bond acceptors (Lipinski definition) is 2. The summed E-state index contributed by atoms with van der Waals surface area (Å²) < 4.78 is 5.64. The molecule has 1 atom stereocenters. The molecule has 0 amide bonds. The molecule has 1 aromatic carbocycles. The van der Waals surface area contributed by atoms with Crippen LogP contribution in [-0.4, -0.2) is 12.6 Å². The lowest BCUT2D eigenvalue weighted by Crippen LogP contribution is -2.20. The molecular weight excluding hydrogens is 222 g/mol. The van der Waals surface area contributed by atoms with E-state index in [1.165, 1.54) is 12.0 Å². The second-order valence-corrected chi connectivity index (χ2v) is 5.59. The van der Waals surface area contributed by atoms with E-state index in [9.17, 15) is 0 Å². The SMILES string of the molecule is CC(C)CCNC(C)c1ccc(OC(C)C)cc1. The molecule has 0 radical (unpaired) electrons. The zero-order valence-electron chi connectivity index (χ0n) is 12.4. The van der Waals surface area contributed by atoms with Crippen molar-refractivity contribution in [1.82, 2.24) is 5.32 Å². The fraction of sp³-hybridized carbons (Fsp3) is 0.625. The van der Waals surface area contributed by atoms with Gasteiger partial charge in [0.25, 0.3) is 0 Å². The highest BCUT2D eigenvalue weighted by Crippen LogP contribution is 2.18. The van der Waals surface area contributed by atoms with Crippen LogP contribution in [0.1, 0.15) is 52.6 Å². The molecule has 2 heteroatoms. The molecule has 0 aromatic heterocycles. The first kappa shape index (κ1) is 15.0. The van der Waals surface area contributed by atoms with Crippen LogP contribution in [0.25, 0.3) is 0 Å². The molecule has 0 aliphatic rings. The summed E-state index contributed by atoms with van der Waals surface area (Å²) in [5.74, 6) is 1.70. The second kappa shape index (κ2) is 7.42. The number of benzene rings is 1. The predicted octanol–water partition coefficient (Wildman–Crippen LogP) is 4.17. The molecule has 0 spiro atoms. The molecule has 2 nitrogen and oxygen atoms in total. The minimum Gasteiger partial charge on any atom is -0.491 e. The van der Waals surface area contributed by atoms with E-state index in [2.05, 4.69) is 50.4 Å². The Morgan fingerprint density at radius 3 is 2.11 bits per heavy atom. The van der Waals surface area contributed by atoms with Gasteiger partial charge >= 0.3 is 0 Å². The zero-order chi connectivity index (χ0) is 13.5. The first-order chi connectivity index (χ1) is 8.49. The third-order valence-corrected chi connectivity index (χ3v) is 2.92. The zero-order valence-corrected chi connectivity index (χ0v) is 12.4. The standard InChI is InChI=1S/C16H27NO/c1-12(2)10-11-17-14(5)15-6-8-16(9-7-15)18-13(3)4/h6-9,12-14,17H,10-11H2,1-5H3. The smallest absolute Gasteiger partial charge is 0.119 e. The van der Waals surface area contributed by atoms with Gasteiger partial charge in [-0.2, -0.15) is 0 Å². The molecule has 1 N–H and O–H groups in total. The molecular formula is C16H27NO. The Morgan fingerprint density at radius 2 is 1.61 bits per heavy atom. The molecule has 1 unspecified atom stereocenters. The van der Waals surface area contributed by atoms with Crippen molar-refractivity contribution in [2.24, 2.45) is 5.92 Å². The molecule has 0 bridgehead atoms. The highest BCUT2D eigenvalue weighted by Gasteiger charge is 2.05. The molecule has 0 saturated carbocycles. The predicted molar refractivity (Wildman–Crippen MR) is 78.1 cm³/mol. The van der Waals surface area contributed by atoms with Gasteiger partial charge in [-0.1, -0.05) is 26.0 Å². The molecule has 1 rings (SSSR count). The number of nitrogens with one attached hydrogen (secondary N) is 1. The van der Waals surface area contributed by atoms with Crippen LogP contribution in [0.2, 0.25) is 0 Å². The highest BCUT2D eigenvalue weighted by atomic mass is 16.5. The summed E-state index contributed by atoms with van der Waals surface area (Å²) in [7, 11) is 0. The van der Waals surface area contributed by atoms with Gasteiger partial charge in [-0.15, -0.1) is 0 Å². The fourth-order valence-electron chi connectivity index (χ4n) is 1.81. The fourth-order valence-corrected chi connectivity index (χ4v) is 1.81. The maximum absolute atomic E-state index is 5.64. The third kappa shape index (κ3) is 5.54. The summed E-state index contributed by atoms with van der Waals surface area (Å²) in [6, 6.07) is 8.79. The Morgan fingerprint density at radius 1 is 1.00 bits per heavy atom. The molecule has 102 valence electrons. The lowest BCUT2D eigenvalue weighted by atomic mass is 10.1. The van der Waals surface area contributed by atoms with Crippen molar-refractivity contribution in [3.63, 3.8) is 0 Å². The van der Waals surface area contributed by atoms with Crippen molar-refractivity contribution >= 4 is 0 Å². The van der Waals surface area contributed by atoms with Gasteiger partial charge in [0.2, 0.25) is 0 Å². The van der Waals surface area contributed by atoms with Gasteiger partial charge in [-0.25, -0.2) is 0 Å². The van der Waals surface area contributed by atoms with Crippen molar-refractivity contribution in [3.05, 3.63) is 29.8 Å². The first-order valence-electron chi connectivity index (χ1n) is 6.99. The Balaban J connectivity index is 2.46. The van der Waals surface area contributed by atoms with Crippen LogP contribution in [0.4, 0.5) is 0 Å². The summed E-state index contributed by atoms with van der Waals surface area (Å²) in [4.78, 5) is 0. The van der Waals surface area contributed by atoms with Crippen molar-refractivity contribution < 1.29 is 4.74 Å². The second-order valence-electron chi connectivity index (χ2n) is 5.59. The molecule has 0 aliphatic heterocycles. The van der Waals surface area contributed by atoms with E-state index in [4.69, 9.17) is 4.74 Å². The van der Waals surface area contributed by atoms with E-state index in [-0.39, 0.29) is 6.10 Å². The summed E-state index contributed by atoms with van der Waals surface area (Å²) in [6.07, 6.45) is 1.45. The van der Waals surface area contributed by atoms with Gasteiger partial charge in [0.1, 0.15) is 5.75 Å². The molecule has 18 heavy (non-hydrogen) atoms. The van der Waals surface area contributed by atoms with Crippen LogP contribution in [-0.2, 0) is 0 Å². The molecule has 0 fully saturated rings. The highest BCUT2D eigenvalue weighted by molar-refractivity contribution is 5.29. The van der Waals surface area contributed by atoms with Gasteiger partial charge in [0, 0.05) is 6.04 Å². The number of ether oxygens (including phenoxy) is 1. The van der Waals surface area contributed by atoms with Crippen LogP contribution >= 0.6 is 0 Å². The van der Waals surface area contributed by atoms with Crippen molar-refractivity contribution in [3.8, 4) is 5.75 Å². The normalized spacial score (nSPS) is 13.1. The van der Waals surface area contributed by atoms with Gasteiger partial charge in [-0.3, -0.25) is 0 Å². The van der Waals surface area contributed by atoms with E-state index < -0.39 is 0 Å². The lowest BCUT2D eigenvalue weighted by molar-refractivity contribution is 0.242. The Bertz CT molecular complexity index is 329. The average molecular weight is 249 g/mol. The third-order valence-electron chi connectivity index (χ3n) is 2.92. The molecule has 0 aliphatic carbocycles. The van der Waals surface area contributed by atoms with E-state index in [1.807, 2.05) is 13.8 Å². The van der Waals surface area contributed by atoms with Gasteiger partial charge < -0.3 is 10.1 Å². The van der Waals surface area contributed by atoms with Crippen molar-refractivity contribution in [2.75, 3.05) is 6.54 Å². The summed E-state index contributed by atoms with van der Waals surface area (Å²) in [5, 5.41) is 3.55. The first-order valence-corrected chi connectivity index (χ1v) is 6.99. The topological polar surface area (TPSA) is 21.3 Å². The average Bonchev–Trinajstić information content (AvgIpc) is 2.28. The van der Waals surface area contributed by atoms with E-state index in [0.717, 1.165) is 18.2 Å². The maximum atomic E-state index is 5.64.